The molecule has 2 unspecified atom stereocenters. The lowest BCUT2D eigenvalue weighted by molar-refractivity contribution is 0.554. The Hall–Kier alpha value is -0.830. The molecule has 4 heteroatoms. The van der Waals surface area contributed by atoms with Gasteiger partial charge in [-0.3, -0.25) is 0 Å². The topological polar surface area (TPSA) is 37.8 Å². The summed E-state index contributed by atoms with van der Waals surface area (Å²) in [6.07, 6.45) is 7.38. The van der Waals surface area contributed by atoms with E-state index in [-0.39, 0.29) is 0 Å². The van der Waals surface area contributed by atoms with Gasteiger partial charge in [0.05, 0.1) is 0 Å². The molecule has 0 aromatic carbocycles. The van der Waals surface area contributed by atoms with E-state index in [0.29, 0.717) is 11.2 Å². The molecule has 2 atom stereocenters. The van der Waals surface area contributed by atoms with Gasteiger partial charge < -0.3 is 5.32 Å². The van der Waals surface area contributed by atoms with Gasteiger partial charge in [0.2, 0.25) is 0 Å². The maximum atomic E-state index is 6.14. The second-order valence-corrected chi connectivity index (χ2v) is 5.26. The van der Waals surface area contributed by atoms with Crippen LogP contribution in [-0.4, -0.2) is 16.0 Å². The van der Waals surface area contributed by atoms with Gasteiger partial charge >= 0.3 is 0 Å². The van der Waals surface area contributed by atoms with E-state index in [1.54, 1.807) is 6.33 Å². The molecule has 0 radical (unpaired) electrons. The van der Waals surface area contributed by atoms with Crippen molar-refractivity contribution in [3.05, 3.63) is 17.0 Å². The van der Waals surface area contributed by atoms with E-state index in [1.807, 2.05) is 0 Å². The summed E-state index contributed by atoms with van der Waals surface area (Å²) < 4.78 is 0. The smallest absolute Gasteiger partial charge is 0.137 e. The minimum atomic E-state index is 0.538. The second-order valence-electron chi connectivity index (χ2n) is 4.90. The molecule has 0 amide bonds. The van der Waals surface area contributed by atoms with E-state index in [9.17, 15) is 0 Å². The van der Waals surface area contributed by atoms with Gasteiger partial charge in [0.1, 0.15) is 17.3 Å². The molecule has 3 nitrogen and oxygen atoms in total. The average molecular weight is 254 g/mol. The Bertz CT molecular complexity index is 381. The summed E-state index contributed by atoms with van der Waals surface area (Å²) in [7, 11) is 0. The molecule has 0 saturated heterocycles. The third-order valence-corrected chi connectivity index (χ3v) is 3.90. The van der Waals surface area contributed by atoms with E-state index in [2.05, 4.69) is 29.1 Å². The van der Waals surface area contributed by atoms with Gasteiger partial charge in [-0.1, -0.05) is 38.3 Å². The minimum Gasteiger partial charge on any atom is -0.367 e. The van der Waals surface area contributed by atoms with Crippen LogP contribution in [-0.2, 0) is 6.42 Å². The lowest BCUT2D eigenvalue weighted by Crippen LogP contribution is -2.23. The summed E-state index contributed by atoms with van der Waals surface area (Å²) in [5, 5.41) is 4.14. The van der Waals surface area contributed by atoms with Crippen LogP contribution in [0.25, 0.3) is 0 Å². The number of rotatable bonds is 4. The number of aromatic nitrogens is 2. The summed E-state index contributed by atoms with van der Waals surface area (Å²) in [5.74, 6) is 1.66. The molecule has 0 bridgehead atoms. The van der Waals surface area contributed by atoms with Crippen molar-refractivity contribution in [1.82, 2.24) is 9.97 Å². The van der Waals surface area contributed by atoms with E-state index in [4.69, 9.17) is 11.6 Å². The van der Waals surface area contributed by atoms with E-state index in [1.165, 1.54) is 19.3 Å². The molecule has 2 rings (SSSR count). The Morgan fingerprint density at radius 3 is 2.88 bits per heavy atom. The molecular formula is C13H20ClN3. The van der Waals surface area contributed by atoms with Gasteiger partial charge in [0, 0.05) is 11.6 Å². The molecule has 1 heterocycles. The first-order valence-electron chi connectivity index (χ1n) is 6.48. The zero-order valence-corrected chi connectivity index (χ0v) is 11.3. The number of halogens is 1. The Morgan fingerprint density at radius 1 is 1.41 bits per heavy atom. The fraction of sp³-hybridized carbons (Fsp3) is 0.692. The Morgan fingerprint density at radius 2 is 2.24 bits per heavy atom. The van der Waals surface area contributed by atoms with Crippen LogP contribution in [0.4, 0.5) is 5.82 Å². The fourth-order valence-corrected chi connectivity index (χ4v) is 2.75. The Kier molecular flexibility index (Phi) is 4.21. The second kappa shape index (κ2) is 5.67. The summed E-state index contributed by atoms with van der Waals surface area (Å²) in [6.45, 7) is 4.44. The van der Waals surface area contributed by atoms with Crippen LogP contribution in [0.3, 0.4) is 0 Å². The molecule has 1 aliphatic carbocycles. The van der Waals surface area contributed by atoms with Gasteiger partial charge in [-0.2, -0.15) is 0 Å². The molecule has 1 saturated carbocycles. The normalized spacial score (nSPS) is 23.9. The molecule has 1 aliphatic rings. The van der Waals surface area contributed by atoms with E-state index < -0.39 is 0 Å². The summed E-state index contributed by atoms with van der Waals surface area (Å²) >= 11 is 6.14. The fourth-order valence-electron chi connectivity index (χ4n) is 2.52. The van der Waals surface area contributed by atoms with Crippen molar-refractivity contribution in [3.8, 4) is 0 Å². The summed E-state index contributed by atoms with van der Waals surface area (Å²) in [5.41, 5.74) is 1.07. The monoisotopic (exact) mass is 253 g/mol. The van der Waals surface area contributed by atoms with Crippen molar-refractivity contribution in [2.45, 2.75) is 52.0 Å². The predicted molar refractivity (Wildman–Crippen MR) is 71.5 cm³/mol. The van der Waals surface area contributed by atoms with Gasteiger partial charge in [-0.15, -0.1) is 0 Å². The Balaban J connectivity index is 2.16. The number of nitrogens with zero attached hydrogens (tertiary/aromatic N) is 2. The van der Waals surface area contributed by atoms with Crippen LogP contribution in [0.1, 0.15) is 45.1 Å². The molecule has 94 valence electrons. The van der Waals surface area contributed by atoms with Crippen LogP contribution in [0.15, 0.2) is 6.33 Å². The number of anilines is 1. The van der Waals surface area contributed by atoms with Crippen LogP contribution >= 0.6 is 11.6 Å². The maximum absolute atomic E-state index is 6.14. The number of hydrogen-bond acceptors (Lipinski definition) is 3. The van der Waals surface area contributed by atoms with Gasteiger partial charge in [-0.05, 0) is 25.2 Å². The molecule has 0 spiro atoms. The van der Waals surface area contributed by atoms with Crippen molar-refractivity contribution in [1.29, 1.82) is 0 Å². The quantitative estimate of drug-likeness (QED) is 0.832. The lowest BCUT2D eigenvalue weighted by Gasteiger charge is -2.20. The first-order valence-corrected chi connectivity index (χ1v) is 6.86. The van der Waals surface area contributed by atoms with Crippen LogP contribution in [0, 0.1) is 5.92 Å². The average Bonchev–Trinajstić information content (AvgIpc) is 2.70. The largest absolute Gasteiger partial charge is 0.367 e. The van der Waals surface area contributed by atoms with E-state index in [0.717, 1.165) is 30.1 Å². The number of nitrogens with one attached hydrogen (secondary N) is 1. The molecule has 1 fully saturated rings. The highest BCUT2D eigenvalue weighted by Crippen LogP contribution is 2.30. The molecular weight excluding hydrogens is 234 g/mol. The van der Waals surface area contributed by atoms with Crippen LogP contribution in [0.2, 0.25) is 5.15 Å². The van der Waals surface area contributed by atoms with Crippen LogP contribution < -0.4 is 5.32 Å². The summed E-state index contributed by atoms with van der Waals surface area (Å²) in [6, 6.07) is 0.538. The van der Waals surface area contributed by atoms with Crippen molar-refractivity contribution in [2.24, 2.45) is 5.92 Å². The number of hydrogen-bond donors (Lipinski definition) is 1. The van der Waals surface area contributed by atoms with Crippen molar-refractivity contribution in [2.75, 3.05) is 5.32 Å². The zero-order valence-electron chi connectivity index (χ0n) is 10.5. The first kappa shape index (κ1) is 12.6. The van der Waals surface area contributed by atoms with E-state index >= 15 is 0 Å². The minimum absolute atomic E-state index is 0.538. The first-order chi connectivity index (χ1) is 8.22. The molecule has 0 aliphatic heterocycles. The summed E-state index contributed by atoms with van der Waals surface area (Å²) in [4.78, 5) is 8.42. The molecule has 1 N–H and O–H groups in total. The standard InChI is InChI=1S/C13H20ClN3/c1-3-5-10-12(14)15-8-16-13(10)17-11-7-4-6-9(11)2/h8-9,11H,3-7H2,1-2H3,(H,15,16,17). The lowest BCUT2D eigenvalue weighted by atomic mass is 10.1. The molecule has 1 aromatic rings. The highest BCUT2D eigenvalue weighted by molar-refractivity contribution is 6.30. The highest BCUT2D eigenvalue weighted by Gasteiger charge is 2.24. The third-order valence-electron chi connectivity index (χ3n) is 3.58. The predicted octanol–water partition coefficient (Wildman–Crippen LogP) is 3.68. The van der Waals surface area contributed by atoms with Gasteiger partial charge in [0.25, 0.3) is 0 Å². The Labute approximate surface area is 108 Å². The van der Waals surface area contributed by atoms with Gasteiger partial charge in [-0.25, -0.2) is 9.97 Å². The van der Waals surface area contributed by atoms with Crippen molar-refractivity contribution >= 4 is 17.4 Å². The highest BCUT2D eigenvalue weighted by atomic mass is 35.5. The molecule has 1 aromatic heterocycles. The SMILES string of the molecule is CCCc1c(Cl)ncnc1NC1CCCC1C. The third kappa shape index (κ3) is 2.89. The zero-order chi connectivity index (χ0) is 12.3. The van der Waals surface area contributed by atoms with Crippen molar-refractivity contribution in [3.63, 3.8) is 0 Å². The van der Waals surface area contributed by atoms with Crippen molar-refractivity contribution < 1.29 is 0 Å². The maximum Gasteiger partial charge on any atom is 0.137 e. The molecule has 17 heavy (non-hydrogen) atoms. The van der Waals surface area contributed by atoms with Crippen LogP contribution in [0.5, 0.6) is 0 Å². The van der Waals surface area contributed by atoms with Gasteiger partial charge in [0.15, 0.2) is 0 Å².